The fourth-order valence-electron chi connectivity index (χ4n) is 1.40. The van der Waals surface area contributed by atoms with Crippen molar-refractivity contribution in [2.75, 3.05) is 5.32 Å². The van der Waals surface area contributed by atoms with Gasteiger partial charge in [0.25, 0.3) is 5.91 Å². The lowest BCUT2D eigenvalue weighted by Crippen LogP contribution is -2.14. The predicted octanol–water partition coefficient (Wildman–Crippen LogP) is 3.45. The molecule has 0 saturated heterocycles. The lowest BCUT2D eigenvalue weighted by Gasteiger charge is -2.08. The number of nitrogens with one attached hydrogen (secondary N) is 1. The lowest BCUT2D eigenvalue weighted by molar-refractivity contribution is 0.102. The fraction of sp³-hybridized carbons (Fsp3) is 0.0833. The number of amides is 1. The summed E-state index contributed by atoms with van der Waals surface area (Å²) in [4.78, 5) is 20.0. The molecule has 6 heteroatoms. The monoisotopic (exact) mass is 325 g/mol. The summed E-state index contributed by atoms with van der Waals surface area (Å²) < 4.78 is 0.502. The quantitative estimate of drug-likeness (QED) is 0.860. The Kier molecular flexibility index (Phi) is 3.93. The molecule has 2 rings (SSSR count). The summed E-state index contributed by atoms with van der Waals surface area (Å²) in [6, 6.07) is 5.08. The highest BCUT2D eigenvalue weighted by atomic mass is 79.9. The van der Waals surface area contributed by atoms with Crippen LogP contribution in [0, 0.1) is 6.92 Å². The van der Waals surface area contributed by atoms with Crippen LogP contribution < -0.4 is 5.32 Å². The van der Waals surface area contributed by atoms with Crippen molar-refractivity contribution in [3.8, 4) is 0 Å². The van der Waals surface area contributed by atoms with Gasteiger partial charge in [-0.25, -0.2) is 9.97 Å². The second-order valence-corrected chi connectivity index (χ2v) is 4.76. The lowest BCUT2D eigenvalue weighted by atomic mass is 10.2. The van der Waals surface area contributed by atoms with Gasteiger partial charge in [0, 0.05) is 6.20 Å². The van der Waals surface area contributed by atoms with Crippen molar-refractivity contribution in [1.82, 2.24) is 9.97 Å². The van der Waals surface area contributed by atoms with Crippen LogP contribution in [-0.4, -0.2) is 15.9 Å². The number of aryl methyl sites for hydroxylation is 1. The van der Waals surface area contributed by atoms with Crippen molar-refractivity contribution in [2.24, 2.45) is 0 Å². The van der Waals surface area contributed by atoms with E-state index in [1.165, 1.54) is 6.20 Å². The molecular formula is C12H9BrClN3O. The Bertz CT molecular complexity index is 604. The number of halogens is 2. The van der Waals surface area contributed by atoms with E-state index < -0.39 is 0 Å². The average molecular weight is 327 g/mol. The van der Waals surface area contributed by atoms with Crippen LogP contribution in [0.25, 0.3) is 0 Å². The molecule has 0 radical (unpaired) electrons. The van der Waals surface area contributed by atoms with Crippen molar-refractivity contribution in [2.45, 2.75) is 6.92 Å². The molecule has 92 valence electrons. The summed E-state index contributed by atoms with van der Waals surface area (Å²) in [5.41, 5.74) is 1.94. The molecule has 0 aliphatic rings. The molecule has 0 saturated carbocycles. The Morgan fingerprint density at radius 3 is 2.89 bits per heavy atom. The summed E-state index contributed by atoms with van der Waals surface area (Å²) >= 11 is 8.99. The zero-order valence-electron chi connectivity index (χ0n) is 9.45. The van der Waals surface area contributed by atoms with Gasteiger partial charge >= 0.3 is 0 Å². The maximum Gasteiger partial charge on any atom is 0.258 e. The van der Waals surface area contributed by atoms with Crippen LogP contribution in [0.1, 0.15) is 15.9 Å². The highest BCUT2D eigenvalue weighted by Gasteiger charge is 2.11. The minimum atomic E-state index is -0.248. The third-order valence-corrected chi connectivity index (χ3v) is 3.17. The van der Waals surface area contributed by atoms with Gasteiger partial charge in [-0.05, 0) is 46.6 Å². The summed E-state index contributed by atoms with van der Waals surface area (Å²) in [6.45, 7) is 1.85. The van der Waals surface area contributed by atoms with Crippen LogP contribution in [0.15, 0.2) is 35.2 Å². The molecule has 0 bridgehead atoms. The third kappa shape index (κ3) is 2.86. The van der Waals surface area contributed by atoms with E-state index in [9.17, 15) is 4.79 Å². The Morgan fingerprint density at radius 1 is 1.44 bits per heavy atom. The molecule has 2 aromatic rings. The van der Waals surface area contributed by atoms with Crippen molar-refractivity contribution in [1.29, 1.82) is 0 Å². The topological polar surface area (TPSA) is 54.9 Å². The number of hydrogen-bond acceptors (Lipinski definition) is 3. The number of hydrogen-bond donors (Lipinski definition) is 1. The molecule has 0 atom stereocenters. The first kappa shape index (κ1) is 13.0. The molecule has 2 heterocycles. The molecule has 0 fully saturated rings. The summed E-state index contributed by atoms with van der Waals surface area (Å²) in [5, 5.41) is 3.16. The first-order valence-corrected chi connectivity index (χ1v) is 6.29. The predicted molar refractivity (Wildman–Crippen MR) is 73.9 cm³/mol. The molecular weight excluding hydrogens is 318 g/mol. The first-order chi connectivity index (χ1) is 8.58. The second kappa shape index (κ2) is 5.46. The minimum Gasteiger partial charge on any atom is -0.320 e. The van der Waals surface area contributed by atoms with Gasteiger partial charge < -0.3 is 5.32 Å². The Hall–Kier alpha value is -1.46. The van der Waals surface area contributed by atoms with E-state index in [0.29, 0.717) is 21.0 Å². The van der Waals surface area contributed by atoms with Crippen LogP contribution in [0.4, 0.5) is 5.69 Å². The van der Waals surface area contributed by atoms with Gasteiger partial charge in [0.1, 0.15) is 9.76 Å². The van der Waals surface area contributed by atoms with E-state index in [4.69, 9.17) is 11.6 Å². The van der Waals surface area contributed by atoms with Crippen LogP contribution in [0.5, 0.6) is 0 Å². The smallest absolute Gasteiger partial charge is 0.258 e. The number of anilines is 1. The zero-order chi connectivity index (χ0) is 13.1. The van der Waals surface area contributed by atoms with Crippen molar-refractivity contribution in [3.63, 3.8) is 0 Å². The summed E-state index contributed by atoms with van der Waals surface area (Å²) in [6.07, 6.45) is 3.13. The standard InChI is InChI=1S/C12H9BrClN3O/c1-7-5-10(14)16-6-9(7)17-12(18)8-3-2-4-15-11(8)13/h2-6H,1H3,(H,17,18). The number of rotatable bonds is 2. The third-order valence-electron chi connectivity index (χ3n) is 2.33. The summed E-state index contributed by atoms with van der Waals surface area (Å²) in [7, 11) is 0. The maximum atomic E-state index is 12.0. The molecule has 0 aromatic carbocycles. The van der Waals surface area contributed by atoms with E-state index in [2.05, 4.69) is 31.2 Å². The van der Waals surface area contributed by atoms with Gasteiger partial charge in [-0.2, -0.15) is 0 Å². The average Bonchev–Trinajstić information content (AvgIpc) is 2.33. The van der Waals surface area contributed by atoms with E-state index in [1.807, 2.05) is 6.92 Å². The number of pyridine rings is 2. The van der Waals surface area contributed by atoms with Gasteiger partial charge in [0.05, 0.1) is 17.4 Å². The highest BCUT2D eigenvalue weighted by molar-refractivity contribution is 9.10. The van der Waals surface area contributed by atoms with Crippen LogP contribution in [0.2, 0.25) is 5.15 Å². The molecule has 18 heavy (non-hydrogen) atoms. The molecule has 2 aromatic heterocycles. The van der Waals surface area contributed by atoms with Gasteiger partial charge in [0.2, 0.25) is 0 Å². The van der Waals surface area contributed by atoms with Gasteiger partial charge in [-0.1, -0.05) is 11.6 Å². The van der Waals surface area contributed by atoms with Crippen molar-refractivity contribution in [3.05, 3.63) is 51.5 Å². The Morgan fingerprint density at radius 2 is 2.22 bits per heavy atom. The molecule has 0 spiro atoms. The molecule has 4 nitrogen and oxygen atoms in total. The van der Waals surface area contributed by atoms with Crippen molar-refractivity contribution < 1.29 is 4.79 Å². The molecule has 0 aliphatic carbocycles. The van der Waals surface area contributed by atoms with Crippen molar-refractivity contribution >= 4 is 39.1 Å². The molecule has 0 aliphatic heterocycles. The van der Waals surface area contributed by atoms with Gasteiger partial charge in [-0.3, -0.25) is 4.79 Å². The largest absolute Gasteiger partial charge is 0.320 e. The second-order valence-electron chi connectivity index (χ2n) is 3.62. The van der Waals surface area contributed by atoms with E-state index >= 15 is 0 Å². The Balaban J connectivity index is 2.24. The molecule has 1 N–H and O–H groups in total. The Labute approximate surface area is 118 Å². The maximum absolute atomic E-state index is 12.0. The first-order valence-electron chi connectivity index (χ1n) is 5.12. The minimum absolute atomic E-state index is 0.248. The molecule has 0 unspecified atom stereocenters. The fourth-order valence-corrected chi connectivity index (χ4v) is 2.04. The number of carbonyl (C=O) groups is 1. The number of nitrogens with zero attached hydrogens (tertiary/aromatic N) is 2. The molecule has 1 amide bonds. The van der Waals surface area contributed by atoms with Crippen LogP contribution in [-0.2, 0) is 0 Å². The van der Waals surface area contributed by atoms with Gasteiger partial charge in [-0.15, -0.1) is 0 Å². The highest BCUT2D eigenvalue weighted by Crippen LogP contribution is 2.19. The zero-order valence-corrected chi connectivity index (χ0v) is 11.8. The van der Waals surface area contributed by atoms with E-state index in [0.717, 1.165) is 5.56 Å². The normalized spacial score (nSPS) is 10.2. The number of carbonyl (C=O) groups excluding carboxylic acids is 1. The van der Waals surface area contributed by atoms with Gasteiger partial charge in [0.15, 0.2) is 0 Å². The van der Waals surface area contributed by atoms with E-state index in [-0.39, 0.29) is 5.91 Å². The SMILES string of the molecule is Cc1cc(Cl)ncc1NC(=O)c1cccnc1Br. The summed E-state index contributed by atoms with van der Waals surface area (Å²) in [5.74, 6) is -0.248. The number of aromatic nitrogens is 2. The van der Waals surface area contributed by atoms with Crippen LogP contribution in [0.3, 0.4) is 0 Å². The van der Waals surface area contributed by atoms with E-state index in [1.54, 1.807) is 24.4 Å². The van der Waals surface area contributed by atoms with Crippen LogP contribution >= 0.6 is 27.5 Å².